The van der Waals surface area contributed by atoms with Crippen molar-refractivity contribution in [1.29, 1.82) is 0 Å². The zero-order chi connectivity index (χ0) is 11.2. The van der Waals surface area contributed by atoms with Crippen LogP contribution >= 0.6 is 0 Å². The number of hydrogen-bond donors (Lipinski definition) is 1. The minimum atomic E-state index is -3.18. The Balaban J connectivity index is 2.62. The van der Waals surface area contributed by atoms with E-state index in [4.69, 9.17) is 0 Å². The van der Waals surface area contributed by atoms with E-state index in [1.54, 1.807) is 6.92 Å². The molecule has 1 N–H and O–H groups in total. The van der Waals surface area contributed by atoms with Gasteiger partial charge in [-0.05, 0) is 12.3 Å². The van der Waals surface area contributed by atoms with E-state index in [1.165, 1.54) is 4.31 Å². The molecule has 1 rings (SSSR count). The quantitative estimate of drug-likeness (QED) is 0.735. The molecule has 0 atom stereocenters. The second kappa shape index (κ2) is 3.18. The van der Waals surface area contributed by atoms with Crippen LogP contribution in [-0.4, -0.2) is 42.3 Å². The number of β-amino-alcohol motifs (C(OH)–C–C–N with tert-alkyl or cyclic N) is 1. The van der Waals surface area contributed by atoms with E-state index >= 15 is 0 Å². The summed E-state index contributed by atoms with van der Waals surface area (Å²) in [6, 6.07) is 0. The smallest absolute Gasteiger partial charge is 0.214 e. The van der Waals surface area contributed by atoms with Gasteiger partial charge >= 0.3 is 0 Å². The SMILES string of the molecule is CC(C)(C)CS(=O)(=O)N1CC(C)(O)C1. The summed E-state index contributed by atoms with van der Waals surface area (Å²) < 4.78 is 24.8. The van der Waals surface area contributed by atoms with Crippen LogP contribution in [0, 0.1) is 5.41 Å². The Morgan fingerprint density at radius 3 is 2.07 bits per heavy atom. The summed E-state index contributed by atoms with van der Waals surface area (Å²) in [6.45, 7) is 7.78. The lowest BCUT2D eigenvalue weighted by Gasteiger charge is -2.43. The van der Waals surface area contributed by atoms with Crippen LogP contribution in [0.2, 0.25) is 0 Å². The molecule has 0 amide bonds. The van der Waals surface area contributed by atoms with Crippen molar-refractivity contribution in [3.05, 3.63) is 0 Å². The Morgan fingerprint density at radius 1 is 1.36 bits per heavy atom. The first kappa shape index (κ1) is 11.9. The van der Waals surface area contributed by atoms with Crippen molar-refractivity contribution in [2.45, 2.75) is 33.3 Å². The number of rotatable bonds is 2. The number of hydrogen-bond acceptors (Lipinski definition) is 3. The standard InChI is InChI=1S/C9H19NO3S/c1-8(2,3)7-14(12,13)10-5-9(4,11)6-10/h11H,5-7H2,1-4H3. The molecule has 0 unspecified atom stereocenters. The summed E-state index contributed by atoms with van der Waals surface area (Å²) in [4.78, 5) is 0. The molecule has 0 saturated carbocycles. The summed E-state index contributed by atoms with van der Waals surface area (Å²) in [5.41, 5.74) is -1.06. The molecular formula is C9H19NO3S. The lowest BCUT2D eigenvalue weighted by atomic mass is 10.0. The minimum absolute atomic E-state index is 0.135. The minimum Gasteiger partial charge on any atom is -0.387 e. The first-order chi connectivity index (χ1) is 6.02. The fraction of sp³-hybridized carbons (Fsp3) is 1.00. The van der Waals surface area contributed by atoms with Crippen LogP contribution in [0.1, 0.15) is 27.7 Å². The Bertz CT molecular complexity index is 305. The lowest BCUT2D eigenvalue weighted by Crippen LogP contribution is -2.62. The third-order valence-electron chi connectivity index (χ3n) is 2.04. The van der Waals surface area contributed by atoms with Crippen LogP contribution in [-0.2, 0) is 10.0 Å². The monoisotopic (exact) mass is 221 g/mol. The molecule has 0 radical (unpaired) electrons. The molecule has 1 aliphatic rings. The molecule has 5 heteroatoms. The molecular weight excluding hydrogens is 202 g/mol. The van der Waals surface area contributed by atoms with Gasteiger partial charge in [0.2, 0.25) is 10.0 Å². The molecule has 0 spiro atoms. The largest absolute Gasteiger partial charge is 0.387 e. The van der Waals surface area contributed by atoms with Crippen molar-refractivity contribution >= 4 is 10.0 Å². The van der Waals surface area contributed by atoms with Crippen molar-refractivity contribution in [1.82, 2.24) is 4.31 Å². The summed E-state index contributed by atoms with van der Waals surface area (Å²) in [5, 5.41) is 9.44. The van der Waals surface area contributed by atoms with Crippen LogP contribution in [0.15, 0.2) is 0 Å². The van der Waals surface area contributed by atoms with E-state index in [9.17, 15) is 13.5 Å². The van der Waals surface area contributed by atoms with Crippen molar-refractivity contribution in [3.63, 3.8) is 0 Å². The highest BCUT2D eigenvalue weighted by molar-refractivity contribution is 7.89. The average molecular weight is 221 g/mol. The van der Waals surface area contributed by atoms with Crippen LogP contribution in [0.4, 0.5) is 0 Å². The van der Waals surface area contributed by atoms with Crippen LogP contribution < -0.4 is 0 Å². The van der Waals surface area contributed by atoms with Gasteiger partial charge in [-0.15, -0.1) is 0 Å². The maximum atomic E-state index is 11.7. The molecule has 84 valence electrons. The van der Waals surface area contributed by atoms with E-state index < -0.39 is 15.6 Å². The van der Waals surface area contributed by atoms with Gasteiger partial charge in [-0.1, -0.05) is 20.8 Å². The second-order valence-electron chi connectivity index (χ2n) is 5.58. The lowest BCUT2D eigenvalue weighted by molar-refractivity contribution is -0.0428. The molecule has 0 aromatic rings. The van der Waals surface area contributed by atoms with E-state index in [0.29, 0.717) is 0 Å². The number of nitrogens with zero attached hydrogens (tertiary/aromatic N) is 1. The van der Waals surface area contributed by atoms with Crippen LogP contribution in [0.5, 0.6) is 0 Å². The zero-order valence-corrected chi connectivity index (χ0v) is 10.1. The molecule has 0 bridgehead atoms. The molecule has 1 fully saturated rings. The van der Waals surface area contributed by atoms with Crippen LogP contribution in [0.3, 0.4) is 0 Å². The Morgan fingerprint density at radius 2 is 1.79 bits per heavy atom. The molecule has 0 aromatic heterocycles. The Labute approximate surface area is 86.0 Å². The fourth-order valence-corrected chi connectivity index (χ4v) is 3.78. The average Bonchev–Trinajstić information content (AvgIpc) is 1.76. The van der Waals surface area contributed by atoms with Gasteiger partial charge in [0.25, 0.3) is 0 Å². The van der Waals surface area contributed by atoms with Crippen molar-refractivity contribution in [3.8, 4) is 0 Å². The third-order valence-corrected chi connectivity index (χ3v) is 4.32. The van der Waals surface area contributed by atoms with Gasteiger partial charge in [0.05, 0.1) is 11.4 Å². The zero-order valence-electron chi connectivity index (χ0n) is 9.24. The summed E-state index contributed by atoms with van der Waals surface area (Å²) >= 11 is 0. The predicted octanol–water partition coefficient (Wildman–Crippen LogP) is 0.429. The first-order valence-corrected chi connectivity index (χ1v) is 6.33. The van der Waals surface area contributed by atoms with Crippen LogP contribution in [0.25, 0.3) is 0 Å². The Kier molecular flexibility index (Phi) is 2.71. The molecule has 1 heterocycles. The van der Waals surface area contributed by atoms with E-state index in [0.717, 1.165) is 0 Å². The maximum Gasteiger partial charge on any atom is 0.214 e. The third kappa shape index (κ3) is 2.93. The summed E-state index contributed by atoms with van der Waals surface area (Å²) in [6.07, 6.45) is 0. The van der Waals surface area contributed by atoms with Crippen molar-refractivity contribution in [2.75, 3.05) is 18.8 Å². The van der Waals surface area contributed by atoms with Crippen molar-refractivity contribution < 1.29 is 13.5 Å². The van der Waals surface area contributed by atoms with Gasteiger partial charge in [0.1, 0.15) is 0 Å². The Hall–Kier alpha value is -0.130. The molecule has 0 aliphatic carbocycles. The second-order valence-corrected chi connectivity index (χ2v) is 7.55. The van der Waals surface area contributed by atoms with Gasteiger partial charge < -0.3 is 5.11 Å². The van der Waals surface area contributed by atoms with Gasteiger partial charge in [-0.25, -0.2) is 8.42 Å². The molecule has 1 aliphatic heterocycles. The first-order valence-electron chi connectivity index (χ1n) is 4.72. The van der Waals surface area contributed by atoms with E-state index in [2.05, 4.69) is 0 Å². The summed E-state index contributed by atoms with van der Waals surface area (Å²) in [7, 11) is -3.18. The van der Waals surface area contributed by atoms with E-state index in [1.807, 2.05) is 20.8 Å². The fourth-order valence-electron chi connectivity index (χ4n) is 1.55. The summed E-state index contributed by atoms with van der Waals surface area (Å²) in [5.74, 6) is 0.135. The molecule has 4 nitrogen and oxygen atoms in total. The van der Waals surface area contributed by atoms with Gasteiger partial charge in [-0.3, -0.25) is 0 Å². The maximum absolute atomic E-state index is 11.7. The highest BCUT2D eigenvalue weighted by Gasteiger charge is 2.44. The van der Waals surface area contributed by atoms with Crippen molar-refractivity contribution in [2.24, 2.45) is 5.41 Å². The number of sulfonamides is 1. The molecule has 0 aromatic carbocycles. The topological polar surface area (TPSA) is 57.6 Å². The van der Waals surface area contributed by atoms with Gasteiger partial charge in [0.15, 0.2) is 0 Å². The van der Waals surface area contributed by atoms with E-state index in [-0.39, 0.29) is 24.3 Å². The normalized spacial score (nSPS) is 23.2. The highest BCUT2D eigenvalue weighted by atomic mass is 32.2. The number of aliphatic hydroxyl groups is 1. The molecule has 14 heavy (non-hydrogen) atoms. The van der Waals surface area contributed by atoms with Gasteiger partial charge in [0, 0.05) is 13.1 Å². The molecule has 1 saturated heterocycles. The highest BCUT2D eigenvalue weighted by Crippen LogP contribution is 2.27. The van der Waals surface area contributed by atoms with Gasteiger partial charge in [-0.2, -0.15) is 4.31 Å². The predicted molar refractivity (Wildman–Crippen MR) is 55.4 cm³/mol.